The molecule has 7 nitrogen and oxygen atoms in total. The van der Waals surface area contributed by atoms with Crippen LogP contribution in [0.1, 0.15) is 32.8 Å². The van der Waals surface area contributed by atoms with E-state index in [1.54, 1.807) is 18.5 Å². The molecule has 0 aliphatic rings. The van der Waals surface area contributed by atoms with Gasteiger partial charge in [0.05, 0.1) is 20.8 Å². The Labute approximate surface area is 196 Å². The molecule has 0 fully saturated rings. The van der Waals surface area contributed by atoms with Gasteiger partial charge in [0.25, 0.3) is 0 Å². The number of aliphatic hydroxyl groups excluding tert-OH is 1. The number of rotatable bonds is 6. The quantitative estimate of drug-likeness (QED) is 0.309. The number of aliphatic hydroxyl groups is 1. The summed E-state index contributed by atoms with van der Waals surface area (Å²) in [4.78, 5) is 20.2. The number of benzene rings is 1. The lowest BCUT2D eigenvalue weighted by molar-refractivity contribution is 0.295. The van der Waals surface area contributed by atoms with Crippen molar-refractivity contribution < 1.29 is 14.2 Å². The van der Waals surface area contributed by atoms with Crippen LogP contribution in [0.3, 0.4) is 0 Å². The Morgan fingerprint density at radius 3 is 2.45 bits per heavy atom. The van der Waals surface area contributed by atoms with Gasteiger partial charge in [0, 0.05) is 37.7 Å². The van der Waals surface area contributed by atoms with E-state index < -0.39 is 5.82 Å². The second-order valence-electron chi connectivity index (χ2n) is 6.42. The Morgan fingerprint density at radius 1 is 1.12 bits per heavy atom. The van der Waals surface area contributed by atoms with Crippen LogP contribution < -0.4 is 10.5 Å². The summed E-state index contributed by atoms with van der Waals surface area (Å²) in [6.45, 7) is 6.68. The van der Waals surface area contributed by atoms with Crippen LogP contribution in [0.25, 0.3) is 20.8 Å². The molecule has 3 heterocycles. The number of hydrogen-bond acceptors (Lipinski definition) is 8. The first kappa shape index (κ1) is 26.0. The van der Waals surface area contributed by atoms with Crippen molar-refractivity contribution in [1.82, 2.24) is 9.97 Å². The fourth-order valence-corrected chi connectivity index (χ4v) is 3.60. The number of nitrogens with zero attached hydrogens (tertiary/aromatic N) is 3. The molecule has 9 heteroatoms. The van der Waals surface area contributed by atoms with Crippen molar-refractivity contribution in [2.24, 2.45) is 10.9 Å². The zero-order valence-electron chi connectivity index (χ0n) is 18.8. The van der Waals surface area contributed by atoms with Crippen LogP contribution in [0.15, 0.2) is 60.0 Å². The molecule has 0 bridgehead atoms. The lowest BCUT2D eigenvalue weighted by Gasteiger charge is -2.07. The number of nitroso groups, excluding NO2 is 1. The van der Waals surface area contributed by atoms with E-state index in [1.807, 2.05) is 39.0 Å². The molecule has 0 aliphatic carbocycles. The van der Waals surface area contributed by atoms with Crippen LogP contribution in [0.5, 0.6) is 11.5 Å². The van der Waals surface area contributed by atoms with Crippen molar-refractivity contribution in [2.75, 3.05) is 6.61 Å². The number of hydrogen-bond donors (Lipinski definition) is 2. The summed E-state index contributed by atoms with van der Waals surface area (Å²) in [5.41, 5.74) is 8.09. The molecule has 0 amide bonds. The number of ether oxygens (including phenoxy) is 1. The van der Waals surface area contributed by atoms with Gasteiger partial charge in [-0.15, -0.1) is 16.2 Å². The topological polar surface area (TPSA) is 111 Å². The lowest BCUT2D eigenvalue weighted by atomic mass is 10.2. The minimum absolute atomic E-state index is 0.00476. The number of thiophene rings is 1. The van der Waals surface area contributed by atoms with E-state index in [4.69, 9.17) is 15.6 Å². The molecule has 0 spiro atoms. The second kappa shape index (κ2) is 13.3. The van der Waals surface area contributed by atoms with Gasteiger partial charge in [-0.25, -0.2) is 4.39 Å². The minimum atomic E-state index is -0.659. The Bertz CT molecular complexity index is 1160. The number of fused-ring (bicyclic) bond motifs is 1. The summed E-state index contributed by atoms with van der Waals surface area (Å²) >= 11 is 1.45. The maximum atomic E-state index is 14.1. The standard InChI is InChI=1S/C19H13FN4O2S.C3H8O.C2H6/c20-13-7-12(24-25)2-4-16(13)26-17-5-6-22-15-8-18(27-19(15)17)14-3-1-11(9-21)10-23-14;1-2-3-4;1-2/h1-8,10H,9,21H2;4H,2-3H2,1H3;1-2H3. The zero-order chi connectivity index (χ0) is 24.2. The molecule has 0 atom stereocenters. The minimum Gasteiger partial charge on any atom is -0.453 e. The second-order valence-corrected chi connectivity index (χ2v) is 7.47. The molecule has 4 aromatic rings. The Morgan fingerprint density at radius 2 is 1.88 bits per heavy atom. The van der Waals surface area contributed by atoms with Crippen LogP contribution in [0.4, 0.5) is 10.1 Å². The molecule has 4 rings (SSSR count). The van der Waals surface area contributed by atoms with Crippen molar-refractivity contribution in [3.05, 3.63) is 71.1 Å². The summed E-state index contributed by atoms with van der Waals surface area (Å²) in [7, 11) is 0. The number of pyridine rings is 2. The third kappa shape index (κ3) is 6.85. The predicted molar refractivity (Wildman–Crippen MR) is 131 cm³/mol. The van der Waals surface area contributed by atoms with Crippen molar-refractivity contribution in [2.45, 2.75) is 33.7 Å². The molecule has 174 valence electrons. The van der Waals surface area contributed by atoms with E-state index in [0.29, 0.717) is 18.9 Å². The van der Waals surface area contributed by atoms with E-state index in [2.05, 4.69) is 15.1 Å². The van der Waals surface area contributed by atoms with Crippen molar-refractivity contribution in [3.8, 4) is 22.1 Å². The molecule has 0 saturated heterocycles. The van der Waals surface area contributed by atoms with Gasteiger partial charge in [-0.3, -0.25) is 9.97 Å². The van der Waals surface area contributed by atoms with E-state index in [0.717, 1.165) is 38.8 Å². The molecule has 3 aromatic heterocycles. The molecule has 33 heavy (non-hydrogen) atoms. The number of aromatic nitrogens is 2. The van der Waals surface area contributed by atoms with Crippen LogP contribution in [0.2, 0.25) is 0 Å². The van der Waals surface area contributed by atoms with Gasteiger partial charge in [0.15, 0.2) is 11.6 Å². The van der Waals surface area contributed by atoms with Gasteiger partial charge in [-0.1, -0.05) is 26.8 Å². The first-order valence-electron chi connectivity index (χ1n) is 10.5. The third-order valence-corrected chi connectivity index (χ3v) is 5.31. The fourth-order valence-electron chi connectivity index (χ4n) is 2.56. The molecular weight excluding hydrogens is 443 g/mol. The van der Waals surface area contributed by atoms with Crippen molar-refractivity contribution in [3.63, 3.8) is 0 Å². The zero-order valence-corrected chi connectivity index (χ0v) is 19.6. The summed E-state index contributed by atoms with van der Waals surface area (Å²) in [6, 6.07) is 11.2. The first-order valence-corrected chi connectivity index (χ1v) is 11.4. The molecule has 0 aliphatic heterocycles. The monoisotopic (exact) mass is 470 g/mol. The van der Waals surface area contributed by atoms with Gasteiger partial charge >= 0.3 is 0 Å². The third-order valence-electron chi connectivity index (χ3n) is 4.15. The molecular formula is C24H27FN4O3S. The van der Waals surface area contributed by atoms with E-state index in [9.17, 15) is 9.30 Å². The van der Waals surface area contributed by atoms with Crippen molar-refractivity contribution >= 4 is 27.2 Å². The Kier molecular flexibility index (Phi) is 10.5. The van der Waals surface area contributed by atoms with E-state index in [1.165, 1.54) is 23.5 Å². The van der Waals surface area contributed by atoms with Crippen molar-refractivity contribution in [1.29, 1.82) is 0 Å². The highest BCUT2D eigenvalue weighted by Gasteiger charge is 2.13. The average Bonchev–Trinajstić information content (AvgIpc) is 3.32. The van der Waals surface area contributed by atoms with E-state index >= 15 is 0 Å². The lowest BCUT2D eigenvalue weighted by Crippen LogP contribution is -1.96. The highest BCUT2D eigenvalue weighted by atomic mass is 32.1. The summed E-state index contributed by atoms with van der Waals surface area (Å²) < 4.78 is 20.6. The maximum Gasteiger partial charge on any atom is 0.167 e. The first-order chi connectivity index (χ1) is 16.1. The van der Waals surface area contributed by atoms with Crippen LogP contribution in [0, 0.1) is 10.7 Å². The van der Waals surface area contributed by atoms with Gasteiger partial charge < -0.3 is 15.6 Å². The van der Waals surface area contributed by atoms with Gasteiger partial charge in [0.2, 0.25) is 0 Å². The molecule has 0 unspecified atom stereocenters. The largest absolute Gasteiger partial charge is 0.453 e. The Hall–Kier alpha value is -3.27. The van der Waals surface area contributed by atoms with Crippen LogP contribution in [-0.2, 0) is 6.54 Å². The predicted octanol–water partition coefficient (Wildman–Crippen LogP) is 6.56. The maximum absolute atomic E-state index is 14.1. The van der Waals surface area contributed by atoms with Gasteiger partial charge in [0.1, 0.15) is 11.4 Å². The SMILES string of the molecule is CC.CCCO.NCc1ccc(-c2cc3nccc(Oc4ccc(N=O)cc4F)c3s2)nc1. The van der Waals surface area contributed by atoms with Gasteiger partial charge in [-0.2, -0.15) is 0 Å². The summed E-state index contributed by atoms with van der Waals surface area (Å²) in [5.74, 6) is -0.177. The number of nitrogens with two attached hydrogens (primary N) is 1. The highest BCUT2D eigenvalue weighted by Crippen LogP contribution is 2.39. The van der Waals surface area contributed by atoms with Crippen LogP contribution >= 0.6 is 11.3 Å². The summed E-state index contributed by atoms with van der Waals surface area (Å²) in [5, 5.41) is 10.6. The molecule has 1 aromatic carbocycles. The van der Waals surface area contributed by atoms with Crippen LogP contribution in [-0.4, -0.2) is 21.7 Å². The van der Waals surface area contributed by atoms with E-state index in [-0.39, 0.29) is 11.4 Å². The summed E-state index contributed by atoms with van der Waals surface area (Å²) in [6.07, 6.45) is 4.21. The molecule has 0 radical (unpaired) electrons. The fraction of sp³-hybridized carbons (Fsp3) is 0.250. The number of halogens is 1. The molecule has 0 saturated carbocycles. The smallest absolute Gasteiger partial charge is 0.167 e. The van der Waals surface area contributed by atoms with Gasteiger partial charge in [-0.05, 0) is 41.4 Å². The normalized spacial score (nSPS) is 10.0. The molecule has 3 N–H and O–H groups in total. The highest BCUT2D eigenvalue weighted by molar-refractivity contribution is 7.22. The Balaban J connectivity index is 0.000000582. The average molecular weight is 471 g/mol.